The summed E-state index contributed by atoms with van der Waals surface area (Å²) in [5.41, 5.74) is -0.629. The molecule has 2 heterocycles. The number of nitrogens with zero attached hydrogens (tertiary/aromatic N) is 2. The van der Waals surface area contributed by atoms with Gasteiger partial charge in [-0.25, -0.2) is 14.2 Å². The zero-order valence-corrected chi connectivity index (χ0v) is 20.4. The highest BCUT2D eigenvalue weighted by molar-refractivity contribution is 6.30. The minimum atomic E-state index is -5.08. The number of anilines is 2. The Bertz CT molecular complexity index is 1260. The second kappa shape index (κ2) is 12.1. The Labute approximate surface area is 218 Å². The van der Waals surface area contributed by atoms with Crippen LogP contribution in [0.5, 0.6) is 5.75 Å². The van der Waals surface area contributed by atoms with Gasteiger partial charge in [0.1, 0.15) is 17.3 Å². The molecule has 1 saturated carbocycles. The van der Waals surface area contributed by atoms with Crippen molar-refractivity contribution in [3.05, 3.63) is 65.2 Å². The molecule has 1 aliphatic carbocycles. The van der Waals surface area contributed by atoms with E-state index in [0.717, 1.165) is 12.8 Å². The van der Waals surface area contributed by atoms with E-state index in [9.17, 15) is 27.5 Å². The molecular weight excluding hydrogens is 536 g/mol. The maximum Gasteiger partial charge on any atom is 0.490 e. The van der Waals surface area contributed by atoms with Gasteiger partial charge in [0.05, 0.1) is 5.02 Å². The van der Waals surface area contributed by atoms with Gasteiger partial charge in [-0.15, -0.1) is 0 Å². The Morgan fingerprint density at radius 1 is 1.13 bits per heavy atom. The largest absolute Gasteiger partial charge is 0.490 e. The van der Waals surface area contributed by atoms with Gasteiger partial charge in [-0.3, -0.25) is 9.89 Å². The van der Waals surface area contributed by atoms with E-state index in [1.54, 1.807) is 30.5 Å². The van der Waals surface area contributed by atoms with Crippen LogP contribution in [0.2, 0.25) is 5.02 Å². The number of hydrogen-bond donors (Lipinski definition) is 4. The van der Waals surface area contributed by atoms with E-state index in [0.29, 0.717) is 30.2 Å². The van der Waals surface area contributed by atoms with Crippen LogP contribution in [0.1, 0.15) is 31.4 Å². The molecule has 2 unspecified atom stereocenters. The molecule has 38 heavy (non-hydrogen) atoms. The third-order valence-corrected chi connectivity index (χ3v) is 6.16. The minimum absolute atomic E-state index is 0.0352. The summed E-state index contributed by atoms with van der Waals surface area (Å²) in [6, 6.07) is 11.6. The Morgan fingerprint density at radius 3 is 2.47 bits per heavy atom. The van der Waals surface area contributed by atoms with Gasteiger partial charge >= 0.3 is 18.1 Å². The molecule has 1 aliphatic rings. The van der Waals surface area contributed by atoms with Gasteiger partial charge in [-0.1, -0.05) is 30.2 Å². The number of aromatic nitrogens is 3. The summed E-state index contributed by atoms with van der Waals surface area (Å²) >= 11 is 5.87. The number of nitrogens with one attached hydrogen (secondary N) is 2. The van der Waals surface area contributed by atoms with Gasteiger partial charge in [-0.2, -0.15) is 18.3 Å². The highest BCUT2D eigenvalue weighted by atomic mass is 35.5. The van der Waals surface area contributed by atoms with Crippen LogP contribution in [0.4, 0.5) is 29.2 Å². The maximum atomic E-state index is 14.4. The maximum absolute atomic E-state index is 14.4. The van der Waals surface area contributed by atoms with Crippen molar-refractivity contribution in [3.8, 4) is 5.75 Å². The van der Waals surface area contributed by atoms with Crippen molar-refractivity contribution in [3.63, 3.8) is 0 Å². The monoisotopic (exact) mass is 558 g/mol. The molecule has 9 nitrogen and oxygen atoms in total. The smallest absolute Gasteiger partial charge is 0.486 e. The number of carbonyl (C=O) groups is 2. The quantitative estimate of drug-likeness (QED) is 0.275. The van der Waals surface area contributed by atoms with E-state index < -0.39 is 35.5 Å². The highest BCUT2D eigenvalue weighted by Gasteiger charge is 2.49. The van der Waals surface area contributed by atoms with Crippen molar-refractivity contribution in [1.29, 1.82) is 0 Å². The number of aromatic amines is 1. The number of carboxylic acid groups (broad SMARTS) is 2. The lowest BCUT2D eigenvalue weighted by atomic mass is 9.68. The molecule has 2 aromatic heterocycles. The summed E-state index contributed by atoms with van der Waals surface area (Å²) in [4.78, 5) is 26.0. The molecule has 2 atom stereocenters. The minimum Gasteiger partial charge on any atom is -0.486 e. The molecular formula is C24H23ClF4N4O5. The van der Waals surface area contributed by atoms with Crippen LogP contribution in [-0.4, -0.2) is 49.6 Å². The molecule has 0 radical (unpaired) electrons. The first-order valence-electron chi connectivity index (χ1n) is 11.3. The molecule has 3 aromatic rings. The average Bonchev–Trinajstić information content (AvgIpc) is 3.36. The topological polar surface area (TPSA) is 137 Å². The second-order valence-corrected chi connectivity index (χ2v) is 8.85. The summed E-state index contributed by atoms with van der Waals surface area (Å²) in [5, 5.41) is 27.1. The van der Waals surface area contributed by atoms with Crippen molar-refractivity contribution in [1.82, 2.24) is 15.2 Å². The predicted molar refractivity (Wildman–Crippen MR) is 128 cm³/mol. The average molecular weight is 559 g/mol. The number of rotatable bonds is 7. The first kappa shape index (κ1) is 28.7. The molecule has 1 fully saturated rings. The van der Waals surface area contributed by atoms with Crippen LogP contribution >= 0.6 is 11.6 Å². The number of hydrogen-bond acceptors (Lipinski definition) is 6. The lowest BCUT2D eigenvalue weighted by molar-refractivity contribution is -0.192. The van der Waals surface area contributed by atoms with Crippen LogP contribution in [0.25, 0.3) is 0 Å². The molecule has 4 rings (SSSR count). The third kappa shape index (κ3) is 7.12. The van der Waals surface area contributed by atoms with Gasteiger partial charge in [0.2, 0.25) is 0 Å². The number of carboxylic acids is 2. The Morgan fingerprint density at radius 2 is 1.84 bits per heavy atom. The van der Waals surface area contributed by atoms with Crippen molar-refractivity contribution in [2.24, 2.45) is 5.41 Å². The molecule has 0 saturated heterocycles. The number of ether oxygens (including phenoxy) is 1. The van der Waals surface area contributed by atoms with Gasteiger partial charge in [0.15, 0.2) is 17.4 Å². The van der Waals surface area contributed by atoms with Crippen LogP contribution in [-0.2, 0) is 16.0 Å². The third-order valence-electron chi connectivity index (χ3n) is 5.87. The highest BCUT2D eigenvalue weighted by Crippen LogP contribution is 2.42. The molecule has 0 amide bonds. The number of H-pyrrole nitrogens is 1. The molecule has 0 aliphatic heterocycles. The van der Waals surface area contributed by atoms with E-state index >= 15 is 0 Å². The van der Waals surface area contributed by atoms with Gasteiger partial charge in [0, 0.05) is 24.4 Å². The van der Waals surface area contributed by atoms with Crippen LogP contribution < -0.4 is 10.1 Å². The Hall–Kier alpha value is -3.87. The second-order valence-electron chi connectivity index (χ2n) is 8.44. The number of benzene rings is 1. The lowest BCUT2D eigenvalue weighted by Gasteiger charge is -2.40. The molecule has 0 bridgehead atoms. The number of pyridine rings is 1. The molecule has 14 heteroatoms. The number of aliphatic carboxylic acids is 2. The molecule has 204 valence electrons. The lowest BCUT2D eigenvalue weighted by Crippen LogP contribution is -2.49. The van der Waals surface area contributed by atoms with Crippen molar-refractivity contribution in [2.75, 3.05) is 5.32 Å². The zero-order valence-electron chi connectivity index (χ0n) is 19.6. The first-order chi connectivity index (χ1) is 17.9. The standard InChI is InChI=1S/C22H22ClFN4O3.C2HF3O2/c23-15-6-4-7-16(20(15)24)31-17-8-1-2-11-22(17,21(29)30)13-14-5-3-9-18(26-14)27-19-10-12-25-28-19;3-2(4,5)1(6)7/h3-7,9-10,12,17H,1-2,8,11,13H2,(H,29,30)(H2,25,26,27,28);(H,6,7). The normalized spacial score (nSPS) is 19.1. The van der Waals surface area contributed by atoms with Crippen molar-refractivity contribution < 1.29 is 42.1 Å². The predicted octanol–water partition coefficient (Wildman–Crippen LogP) is 5.61. The summed E-state index contributed by atoms with van der Waals surface area (Å²) in [7, 11) is 0. The summed E-state index contributed by atoms with van der Waals surface area (Å²) in [6.07, 6.45) is -1.49. The number of halogens is 5. The molecule has 4 N–H and O–H groups in total. The summed E-state index contributed by atoms with van der Waals surface area (Å²) in [6.45, 7) is 0. The fourth-order valence-corrected chi connectivity index (χ4v) is 4.23. The molecule has 1 aromatic carbocycles. The van der Waals surface area contributed by atoms with Crippen molar-refractivity contribution >= 4 is 35.2 Å². The van der Waals surface area contributed by atoms with Gasteiger partial charge < -0.3 is 20.3 Å². The van der Waals surface area contributed by atoms with E-state index in [-0.39, 0.29) is 17.2 Å². The number of alkyl halides is 3. The van der Waals surface area contributed by atoms with Crippen LogP contribution in [0.15, 0.2) is 48.7 Å². The van der Waals surface area contributed by atoms with Crippen LogP contribution in [0.3, 0.4) is 0 Å². The fraction of sp³-hybridized carbons (Fsp3) is 0.333. The van der Waals surface area contributed by atoms with E-state index in [2.05, 4.69) is 20.5 Å². The van der Waals surface area contributed by atoms with Crippen LogP contribution in [0, 0.1) is 11.2 Å². The Kier molecular flexibility index (Phi) is 9.15. The Balaban J connectivity index is 0.000000505. The molecule has 0 spiro atoms. The van der Waals surface area contributed by atoms with Gasteiger partial charge in [-0.05, 0) is 43.5 Å². The first-order valence-corrected chi connectivity index (χ1v) is 11.7. The van der Waals surface area contributed by atoms with E-state index in [1.165, 1.54) is 12.1 Å². The summed E-state index contributed by atoms with van der Waals surface area (Å²) < 4.78 is 52.1. The summed E-state index contributed by atoms with van der Waals surface area (Å²) in [5.74, 6) is -3.30. The van der Waals surface area contributed by atoms with E-state index in [4.69, 9.17) is 26.2 Å². The zero-order chi connectivity index (χ0) is 27.9. The SMILES string of the molecule is O=C(O)C(F)(F)F.O=C(O)C1(Cc2cccc(Nc3cc[nH]n3)n2)CCCCC1Oc1cccc(Cl)c1F. The fourth-order valence-electron chi connectivity index (χ4n) is 4.06. The van der Waals surface area contributed by atoms with Gasteiger partial charge in [0.25, 0.3) is 0 Å². The van der Waals surface area contributed by atoms with Crippen molar-refractivity contribution in [2.45, 2.75) is 44.4 Å². The van der Waals surface area contributed by atoms with E-state index in [1.807, 2.05) is 6.07 Å².